The third kappa shape index (κ3) is 2.82. The van der Waals surface area contributed by atoms with Gasteiger partial charge in [0.05, 0.1) is 25.0 Å². The molecular formula is C15H22N4O. The minimum atomic E-state index is -0.0288. The summed E-state index contributed by atoms with van der Waals surface area (Å²) in [6.07, 6.45) is 2.79. The van der Waals surface area contributed by atoms with E-state index in [9.17, 15) is 0 Å². The van der Waals surface area contributed by atoms with E-state index in [4.69, 9.17) is 4.74 Å². The summed E-state index contributed by atoms with van der Waals surface area (Å²) < 4.78 is 7.45. The second kappa shape index (κ2) is 6.52. The largest absolute Gasteiger partial charge is 0.493 e. The molecule has 108 valence electrons. The van der Waals surface area contributed by atoms with Gasteiger partial charge in [-0.15, -0.1) is 0 Å². The molecule has 0 radical (unpaired) electrons. The zero-order valence-electron chi connectivity index (χ0n) is 12.6. The molecule has 2 heterocycles. The van der Waals surface area contributed by atoms with Crippen molar-refractivity contribution in [1.29, 1.82) is 0 Å². The van der Waals surface area contributed by atoms with Crippen LogP contribution in [0.5, 0.6) is 5.75 Å². The van der Waals surface area contributed by atoms with Gasteiger partial charge in [0.1, 0.15) is 5.69 Å². The highest BCUT2D eigenvalue weighted by Crippen LogP contribution is 2.29. The molecule has 1 N–H and O–H groups in total. The Morgan fingerprint density at radius 2 is 2.20 bits per heavy atom. The lowest BCUT2D eigenvalue weighted by Gasteiger charge is -2.19. The van der Waals surface area contributed by atoms with Crippen LogP contribution in [-0.4, -0.2) is 28.9 Å². The molecule has 0 aromatic carbocycles. The van der Waals surface area contributed by atoms with Crippen molar-refractivity contribution in [3.05, 3.63) is 41.5 Å². The summed E-state index contributed by atoms with van der Waals surface area (Å²) in [5.41, 5.74) is 3.00. The van der Waals surface area contributed by atoms with Gasteiger partial charge < -0.3 is 10.1 Å². The quantitative estimate of drug-likeness (QED) is 0.878. The van der Waals surface area contributed by atoms with Crippen LogP contribution in [0.1, 0.15) is 36.5 Å². The smallest absolute Gasteiger partial charge is 0.161 e. The minimum Gasteiger partial charge on any atom is -0.493 e. The standard InChI is InChI=1S/C15H22N4O/c1-5-9-19-15(13(20-4)10-17-19)14(16-3)12-8-6-7-11(2)18-12/h6-8,10,14,16H,5,9H2,1-4H3. The number of hydrogen-bond donors (Lipinski definition) is 1. The molecule has 0 fully saturated rings. The van der Waals surface area contributed by atoms with Crippen molar-refractivity contribution in [2.24, 2.45) is 0 Å². The molecule has 0 spiro atoms. The van der Waals surface area contributed by atoms with Crippen LogP contribution in [0.2, 0.25) is 0 Å². The van der Waals surface area contributed by atoms with Crippen LogP contribution in [0.15, 0.2) is 24.4 Å². The fourth-order valence-electron chi connectivity index (χ4n) is 2.37. The van der Waals surface area contributed by atoms with E-state index in [0.717, 1.165) is 35.8 Å². The molecule has 2 aromatic rings. The van der Waals surface area contributed by atoms with Crippen molar-refractivity contribution in [1.82, 2.24) is 20.1 Å². The molecule has 20 heavy (non-hydrogen) atoms. The molecule has 0 aliphatic carbocycles. The highest BCUT2D eigenvalue weighted by Gasteiger charge is 2.23. The molecule has 5 nitrogen and oxygen atoms in total. The Morgan fingerprint density at radius 1 is 1.40 bits per heavy atom. The van der Waals surface area contributed by atoms with Crippen molar-refractivity contribution in [2.45, 2.75) is 32.9 Å². The Hall–Kier alpha value is -1.88. The van der Waals surface area contributed by atoms with E-state index >= 15 is 0 Å². The predicted molar refractivity (Wildman–Crippen MR) is 78.9 cm³/mol. The maximum absolute atomic E-state index is 5.46. The molecular weight excluding hydrogens is 252 g/mol. The number of pyridine rings is 1. The van der Waals surface area contributed by atoms with Crippen LogP contribution in [0.25, 0.3) is 0 Å². The Kier molecular flexibility index (Phi) is 4.74. The van der Waals surface area contributed by atoms with Gasteiger partial charge in [-0.1, -0.05) is 13.0 Å². The molecule has 0 bridgehead atoms. The van der Waals surface area contributed by atoms with Crippen molar-refractivity contribution in [2.75, 3.05) is 14.2 Å². The van der Waals surface area contributed by atoms with E-state index in [1.54, 1.807) is 13.3 Å². The highest BCUT2D eigenvalue weighted by molar-refractivity contribution is 5.34. The van der Waals surface area contributed by atoms with E-state index in [1.165, 1.54) is 0 Å². The van der Waals surface area contributed by atoms with E-state index in [0.29, 0.717) is 0 Å². The monoisotopic (exact) mass is 274 g/mol. The summed E-state index contributed by atoms with van der Waals surface area (Å²) in [6.45, 7) is 5.00. The number of aryl methyl sites for hydroxylation is 2. The molecule has 5 heteroatoms. The number of ether oxygens (including phenoxy) is 1. The predicted octanol–water partition coefficient (Wildman–Crippen LogP) is 2.31. The van der Waals surface area contributed by atoms with Crippen LogP contribution in [0.3, 0.4) is 0 Å². The molecule has 0 saturated heterocycles. The van der Waals surface area contributed by atoms with Crippen molar-refractivity contribution >= 4 is 0 Å². The average molecular weight is 274 g/mol. The van der Waals surface area contributed by atoms with Crippen LogP contribution >= 0.6 is 0 Å². The number of hydrogen-bond acceptors (Lipinski definition) is 4. The molecule has 0 aliphatic heterocycles. The van der Waals surface area contributed by atoms with Gasteiger partial charge >= 0.3 is 0 Å². The first kappa shape index (κ1) is 14.5. The van der Waals surface area contributed by atoms with Crippen LogP contribution in [0, 0.1) is 6.92 Å². The summed E-state index contributed by atoms with van der Waals surface area (Å²) in [5, 5.41) is 7.74. The Balaban J connectivity index is 2.48. The summed E-state index contributed by atoms with van der Waals surface area (Å²) in [6, 6.07) is 6.02. The third-order valence-electron chi connectivity index (χ3n) is 3.27. The molecule has 1 atom stereocenters. The maximum atomic E-state index is 5.46. The first-order valence-electron chi connectivity index (χ1n) is 6.91. The second-order valence-electron chi connectivity index (χ2n) is 4.75. The number of methoxy groups -OCH3 is 1. The fraction of sp³-hybridized carbons (Fsp3) is 0.467. The maximum Gasteiger partial charge on any atom is 0.161 e. The number of nitrogens with zero attached hydrogens (tertiary/aromatic N) is 3. The molecule has 1 unspecified atom stereocenters. The van der Waals surface area contributed by atoms with Gasteiger partial charge in [0.2, 0.25) is 0 Å². The van der Waals surface area contributed by atoms with Crippen molar-refractivity contribution in [3.8, 4) is 5.75 Å². The van der Waals surface area contributed by atoms with E-state index in [2.05, 4.69) is 22.3 Å². The SMILES string of the molecule is CCCn1ncc(OC)c1C(NC)c1cccc(C)n1. The van der Waals surface area contributed by atoms with Gasteiger partial charge in [0.15, 0.2) is 5.75 Å². The molecule has 2 rings (SSSR count). The lowest BCUT2D eigenvalue weighted by Crippen LogP contribution is -2.23. The molecule has 2 aromatic heterocycles. The summed E-state index contributed by atoms with van der Waals surface area (Å²) in [4.78, 5) is 4.62. The first-order valence-corrected chi connectivity index (χ1v) is 6.91. The lowest BCUT2D eigenvalue weighted by atomic mass is 10.1. The highest BCUT2D eigenvalue weighted by atomic mass is 16.5. The van der Waals surface area contributed by atoms with Gasteiger partial charge in [-0.2, -0.15) is 5.10 Å². The molecule has 0 amide bonds. The van der Waals surface area contributed by atoms with Crippen LogP contribution < -0.4 is 10.1 Å². The van der Waals surface area contributed by atoms with E-state index in [1.807, 2.05) is 36.9 Å². The topological polar surface area (TPSA) is 52.0 Å². The Labute approximate surface area is 120 Å². The minimum absolute atomic E-state index is 0.0288. The first-order chi connectivity index (χ1) is 9.71. The zero-order valence-corrected chi connectivity index (χ0v) is 12.6. The average Bonchev–Trinajstić information content (AvgIpc) is 2.84. The van der Waals surface area contributed by atoms with Gasteiger partial charge in [-0.3, -0.25) is 9.67 Å². The van der Waals surface area contributed by atoms with Gasteiger partial charge in [0.25, 0.3) is 0 Å². The number of nitrogens with one attached hydrogen (secondary N) is 1. The number of aromatic nitrogens is 3. The fourth-order valence-corrected chi connectivity index (χ4v) is 2.37. The second-order valence-corrected chi connectivity index (χ2v) is 4.75. The van der Waals surface area contributed by atoms with Crippen LogP contribution in [-0.2, 0) is 6.54 Å². The van der Waals surface area contributed by atoms with Crippen molar-refractivity contribution in [3.63, 3.8) is 0 Å². The number of rotatable bonds is 6. The Morgan fingerprint density at radius 3 is 2.80 bits per heavy atom. The summed E-state index contributed by atoms with van der Waals surface area (Å²) in [7, 11) is 3.60. The summed E-state index contributed by atoms with van der Waals surface area (Å²) in [5.74, 6) is 0.793. The normalized spacial score (nSPS) is 12.4. The van der Waals surface area contributed by atoms with E-state index < -0.39 is 0 Å². The third-order valence-corrected chi connectivity index (χ3v) is 3.27. The lowest BCUT2D eigenvalue weighted by molar-refractivity contribution is 0.399. The molecule has 0 saturated carbocycles. The van der Waals surface area contributed by atoms with Crippen LogP contribution in [0.4, 0.5) is 0 Å². The Bertz CT molecular complexity index is 565. The zero-order chi connectivity index (χ0) is 14.5. The van der Waals surface area contributed by atoms with Gasteiger partial charge in [-0.05, 0) is 32.5 Å². The summed E-state index contributed by atoms with van der Waals surface area (Å²) >= 11 is 0. The van der Waals surface area contributed by atoms with Gasteiger partial charge in [0, 0.05) is 12.2 Å². The van der Waals surface area contributed by atoms with Crippen molar-refractivity contribution < 1.29 is 4.74 Å². The van der Waals surface area contributed by atoms with E-state index in [-0.39, 0.29) is 6.04 Å². The van der Waals surface area contributed by atoms with Gasteiger partial charge in [-0.25, -0.2) is 0 Å². The molecule has 0 aliphatic rings.